The number of ketones is 1. The number of aryl methyl sites for hydroxylation is 1. The van der Waals surface area contributed by atoms with E-state index in [0.29, 0.717) is 13.0 Å². The molecule has 1 rings (SSSR count). The number of carbonyl (C=O) groups excluding carboxylic acids is 1. The lowest BCUT2D eigenvalue weighted by molar-refractivity contribution is -0.117. The Labute approximate surface area is 95.8 Å². The molecule has 0 saturated carbocycles. The molecule has 0 aromatic carbocycles. The molecule has 0 fully saturated rings. The largest absolute Gasteiger partial charge is 0.384 e. The SMILES string of the molecule is COCCc1cnnn1CCCCC(C)=O. The van der Waals surface area contributed by atoms with E-state index in [9.17, 15) is 4.79 Å². The third-order valence-electron chi connectivity index (χ3n) is 2.41. The van der Waals surface area contributed by atoms with Crippen LogP contribution in [0, 0.1) is 0 Å². The van der Waals surface area contributed by atoms with E-state index in [1.165, 1.54) is 0 Å². The molecule has 1 aromatic rings. The summed E-state index contributed by atoms with van der Waals surface area (Å²) in [7, 11) is 1.68. The highest BCUT2D eigenvalue weighted by atomic mass is 16.5. The van der Waals surface area contributed by atoms with E-state index in [-0.39, 0.29) is 5.78 Å². The Morgan fingerprint density at radius 3 is 3.00 bits per heavy atom. The number of carbonyl (C=O) groups is 1. The van der Waals surface area contributed by atoms with Gasteiger partial charge < -0.3 is 9.53 Å². The molecule has 0 aliphatic carbocycles. The van der Waals surface area contributed by atoms with Gasteiger partial charge in [-0.15, -0.1) is 5.10 Å². The van der Waals surface area contributed by atoms with Crippen LogP contribution < -0.4 is 0 Å². The van der Waals surface area contributed by atoms with Crippen molar-refractivity contribution in [1.82, 2.24) is 15.0 Å². The average molecular weight is 225 g/mol. The maximum Gasteiger partial charge on any atom is 0.129 e. The van der Waals surface area contributed by atoms with Gasteiger partial charge in [0, 0.05) is 26.5 Å². The third kappa shape index (κ3) is 4.53. The number of hydrogen-bond acceptors (Lipinski definition) is 4. The van der Waals surface area contributed by atoms with Crippen LogP contribution in [0.2, 0.25) is 0 Å². The molecule has 0 aliphatic rings. The van der Waals surface area contributed by atoms with Gasteiger partial charge in [-0.2, -0.15) is 0 Å². The van der Waals surface area contributed by atoms with Gasteiger partial charge in [0.25, 0.3) is 0 Å². The maximum atomic E-state index is 10.8. The molecule has 0 aliphatic heterocycles. The second-order valence-electron chi connectivity index (χ2n) is 3.85. The number of hydrogen-bond donors (Lipinski definition) is 0. The van der Waals surface area contributed by atoms with Crippen LogP contribution in [0.25, 0.3) is 0 Å². The van der Waals surface area contributed by atoms with Crippen LogP contribution in [0.1, 0.15) is 31.9 Å². The van der Waals surface area contributed by atoms with E-state index in [2.05, 4.69) is 10.3 Å². The van der Waals surface area contributed by atoms with Crippen molar-refractivity contribution >= 4 is 5.78 Å². The zero-order chi connectivity index (χ0) is 11.8. The summed E-state index contributed by atoms with van der Waals surface area (Å²) in [4.78, 5) is 10.8. The highest BCUT2D eigenvalue weighted by molar-refractivity contribution is 5.75. The minimum atomic E-state index is 0.248. The molecule has 16 heavy (non-hydrogen) atoms. The van der Waals surface area contributed by atoms with Gasteiger partial charge in [0.05, 0.1) is 18.5 Å². The van der Waals surface area contributed by atoms with Gasteiger partial charge in [-0.3, -0.25) is 0 Å². The van der Waals surface area contributed by atoms with Gasteiger partial charge in [-0.1, -0.05) is 5.21 Å². The topological polar surface area (TPSA) is 57.0 Å². The Kier molecular flexibility index (Phi) is 5.71. The first-order chi connectivity index (χ1) is 7.74. The first kappa shape index (κ1) is 12.8. The molecule has 0 radical (unpaired) electrons. The van der Waals surface area contributed by atoms with Crippen LogP contribution in [0.5, 0.6) is 0 Å². The van der Waals surface area contributed by atoms with Crippen molar-refractivity contribution in [1.29, 1.82) is 0 Å². The van der Waals surface area contributed by atoms with Crippen molar-refractivity contribution in [2.45, 2.75) is 39.2 Å². The molecule has 5 nitrogen and oxygen atoms in total. The van der Waals surface area contributed by atoms with Gasteiger partial charge in [-0.05, 0) is 19.8 Å². The fraction of sp³-hybridized carbons (Fsp3) is 0.727. The summed E-state index contributed by atoms with van der Waals surface area (Å²) in [5.74, 6) is 0.248. The summed E-state index contributed by atoms with van der Waals surface area (Å²) in [6.45, 7) is 3.13. The molecular weight excluding hydrogens is 206 g/mol. The van der Waals surface area contributed by atoms with E-state index >= 15 is 0 Å². The number of ether oxygens (including phenoxy) is 1. The molecule has 0 saturated heterocycles. The number of rotatable bonds is 8. The van der Waals surface area contributed by atoms with Crippen molar-refractivity contribution in [3.05, 3.63) is 11.9 Å². The Bertz CT molecular complexity index is 323. The van der Waals surface area contributed by atoms with Crippen molar-refractivity contribution < 1.29 is 9.53 Å². The average Bonchev–Trinajstić information content (AvgIpc) is 2.69. The van der Waals surface area contributed by atoms with Crippen molar-refractivity contribution in [2.75, 3.05) is 13.7 Å². The Morgan fingerprint density at radius 2 is 2.31 bits per heavy atom. The molecule has 90 valence electrons. The summed E-state index contributed by atoms with van der Waals surface area (Å²) in [5.41, 5.74) is 1.09. The molecule has 0 N–H and O–H groups in total. The monoisotopic (exact) mass is 225 g/mol. The van der Waals surface area contributed by atoms with E-state index < -0.39 is 0 Å². The molecule has 5 heteroatoms. The van der Waals surface area contributed by atoms with Crippen LogP contribution in [-0.2, 0) is 22.5 Å². The van der Waals surface area contributed by atoms with E-state index in [4.69, 9.17) is 4.74 Å². The number of aromatic nitrogens is 3. The van der Waals surface area contributed by atoms with Gasteiger partial charge >= 0.3 is 0 Å². The predicted octanol–water partition coefficient (Wildman–Crippen LogP) is 1.23. The first-order valence-electron chi connectivity index (χ1n) is 5.59. The molecule has 0 bridgehead atoms. The zero-order valence-corrected chi connectivity index (χ0v) is 9.98. The summed E-state index contributed by atoms with van der Waals surface area (Å²) in [5, 5.41) is 7.89. The Balaban J connectivity index is 2.29. The Hall–Kier alpha value is -1.23. The molecule has 0 unspecified atom stereocenters. The highest BCUT2D eigenvalue weighted by Crippen LogP contribution is 2.03. The molecule has 0 amide bonds. The number of methoxy groups -OCH3 is 1. The molecule has 1 heterocycles. The smallest absolute Gasteiger partial charge is 0.129 e. The second kappa shape index (κ2) is 7.11. The lowest BCUT2D eigenvalue weighted by Crippen LogP contribution is -2.08. The zero-order valence-electron chi connectivity index (χ0n) is 9.98. The number of nitrogens with zero attached hydrogens (tertiary/aromatic N) is 3. The fourth-order valence-electron chi connectivity index (χ4n) is 1.50. The van der Waals surface area contributed by atoms with Crippen LogP contribution in [0.15, 0.2) is 6.20 Å². The minimum absolute atomic E-state index is 0.248. The third-order valence-corrected chi connectivity index (χ3v) is 2.41. The quantitative estimate of drug-likeness (QED) is 0.624. The van der Waals surface area contributed by atoms with Crippen molar-refractivity contribution in [3.63, 3.8) is 0 Å². The number of unbranched alkanes of at least 4 members (excludes halogenated alkanes) is 1. The molecule has 0 atom stereocenters. The fourth-order valence-corrected chi connectivity index (χ4v) is 1.50. The minimum Gasteiger partial charge on any atom is -0.384 e. The summed E-state index contributed by atoms with van der Waals surface area (Å²) in [6.07, 6.45) is 5.13. The maximum absolute atomic E-state index is 10.8. The van der Waals surface area contributed by atoms with Crippen LogP contribution >= 0.6 is 0 Å². The van der Waals surface area contributed by atoms with Gasteiger partial charge in [0.1, 0.15) is 5.78 Å². The van der Waals surface area contributed by atoms with E-state index in [1.807, 2.05) is 4.68 Å². The predicted molar refractivity (Wildman–Crippen MR) is 60.1 cm³/mol. The Morgan fingerprint density at radius 1 is 1.50 bits per heavy atom. The van der Waals surface area contributed by atoms with Gasteiger partial charge in [-0.25, -0.2) is 4.68 Å². The second-order valence-corrected chi connectivity index (χ2v) is 3.85. The lowest BCUT2D eigenvalue weighted by atomic mass is 10.2. The van der Waals surface area contributed by atoms with Crippen LogP contribution in [0.4, 0.5) is 0 Å². The van der Waals surface area contributed by atoms with Gasteiger partial charge in [0.15, 0.2) is 0 Å². The summed E-state index contributed by atoms with van der Waals surface area (Å²) < 4.78 is 6.90. The highest BCUT2D eigenvalue weighted by Gasteiger charge is 2.03. The lowest BCUT2D eigenvalue weighted by Gasteiger charge is -2.05. The van der Waals surface area contributed by atoms with Crippen molar-refractivity contribution in [2.24, 2.45) is 0 Å². The number of Topliss-reactive ketones (excluding diaryl/α,β-unsaturated/α-hetero) is 1. The van der Waals surface area contributed by atoms with E-state index in [1.54, 1.807) is 20.2 Å². The normalized spacial score (nSPS) is 10.6. The van der Waals surface area contributed by atoms with Crippen molar-refractivity contribution in [3.8, 4) is 0 Å². The first-order valence-corrected chi connectivity index (χ1v) is 5.59. The molecule has 1 aromatic heterocycles. The van der Waals surface area contributed by atoms with Crippen LogP contribution in [0.3, 0.4) is 0 Å². The van der Waals surface area contributed by atoms with E-state index in [0.717, 1.165) is 31.5 Å². The molecular formula is C11H19N3O2. The summed E-state index contributed by atoms with van der Waals surface area (Å²) >= 11 is 0. The molecule has 0 spiro atoms. The standard InChI is InChI=1S/C11H19N3O2/c1-10(15)5-3-4-7-14-11(6-8-16-2)9-12-13-14/h9H,3-8H2,1-2H3. The summed E-state index contributed by atoms with van der Waals surface area (Å²) in [6, 6.07) is 0. The van der Waals surface area contributed by atoms with Crippen LogP contribution in [-0.4, -0.2) is 34.5 Å². The van der Waals surface area contributed by atoms with Gasteiger partial charge in [0.2, 0.25) is 0 Å².